The van der Waals surface area contributed by atoms with Crippen LogP contribution in [0.4, 0.5) is 10.1 Å². The van der Waals surface area contributed by atoms with Crippen molar-refractivity contribution >= 4 is 34.2 Å². The molecule has 1 atom stereocenters. The van der Waals surface area contributed by atoms with E-state index in [-0.39, 0.29) is 17.6 Å². The SMILES string of the molecule is Cc1cc(OCCCCn2c(C3CC(=O)N(c4ccc(F)cc4)C3)nc3ccccc32)ccc1Cl. The molecule has 5 nitrogen and oxygen atoms in total. The topological polar surface area (TPSA) is 47.4 Å². The Balaban J connectivity index is 1.28. The average Bonchev–Trinajstić information content (AvgIpc) is 3.42. The van der Waals surface area contributed by atoms with E-state index in [9.17, 15) is 9.18 Å². The Labute approximate surface area is 209 Å². The summed E-state index contributed by atoms with van der Waals surface area (Å²) in [4.78, 5) is 19.5. The lowest BCUT2D eigenvalue weighted by Crippen LogP contribution is -2.24. The van der Waals surface area contributed by atoms with Gasteiger partial charge >= 0.3 is 0 Å². The Morgan fingerprint density at radius 3 is 2.69 bits per heavy atom. The maximum atomic E-state index is 13.4. The van der Waals surface area contributed by atoms with Crippen molar-refractivity contribution in [2.45, 2.75) is 38.6 Å². The van der Waals surface area contributed by atoms with Crippen molar-refractivity contribution < 1.29 is 13.9 Å². The van der Waals surface area contributed by atoms with Crippen molar-refractivity contribution in [3.63, 3.8) is 0 Å². The van der Waals surface area contributed by atoms with E-state index in [1.165, 1.54) is 12.1 Å². The highest BCUT2D eigenvalue weighted by Gasteiger charge is 2.34. The minimum Gasteiger partial charge on any atom is -0.494 e. The van der Waals surface area contributed by atoms with Crippen molar-refractivity contribution in [3.8, 4) is 5.75 Å². The van der Waals surface area contributed by atoms with Gasteiger partial charge in [-0.15, -0.1) is 0 Å². The molecule has 1 amide bonds. The lowest BCUT2D eigenvalue weighted by atomic mass is 10.1. The van der Waals surface area contributed by atoms with E-state index in [0.717, 1.165) is 58.3 Å². The summed E-state index contributed by atoms with van der Waals surface area (Å²) in [5.74, 6) is 1.46. The summed E-state index contributed by atoms with van der Waals surface area (Å²) < 4.78 is 21.5. The Morgan fingerprint density at radius 2 is 1.89 bits per heavy atom. The van der Waals surface area contributed by atoms with E-state index >= 15 is 0 Å². The first-order valence-electron chi connectivity index (χ1n) is 11.9. The molecule has 0 bridgehead atoms. The van der Waals surface area contributed by atoms with Crippen LogP contribution in [-0.2, 0) is 11.3 Å². The van der Waals surface area contributed by atoms with Gasteiger partial charge in [-0.25, -0.2) is 9.37 Å². The number of aromatic nitrogens is 2. The van der Waals surface area contributed by atoms with Gasteiger partial charge in [0.2, 0.25) is 5.91 Å². The first-order valence-corrected chi connectivity index (χ1v) is 12.3. The second-order valence-electron chi connectivity index (χ2n) is 8.96. The second kappa shape index (κ2) is 10.1. The van der Waals surface area contributed by atoms with Crippen LogP contribution in [0.2, 0.25) is 5.02 Å². The quantitative estimate of drug-likeness (QED) is 0.264. The summed E-state index contributed by atoms with van der Waals surface area (Å²) in [5.41, 5.74) is 3.73. The number of imidazole rings is 1. The van der Waals surface area contributed by atoms with E-state index < -0.39 is 0 Å². The summed E-state index contributed by atoms with van der Waals surface area (Å²) in [7, 11) is 0. The molecule has 2 heterocycles. The number of ether oxygens (including phenoxy) is 1. The van der Waals surface area contributed by atoms with Crippen LogP contribution in [0, 0.1) is 12.7 Å². The molecule has 3 aromatic carbocycles. The maximum absolute atomic E-state index is 13.4. The molecule has 1 unspecified atom stereocenters. The number of carbonyl (C=O) groups excluding carboxylic acids is 1. The van der Waals surface area contributed by atoms with Crippen LogP contribution in [-0.4, -0.2) is 28.6 Å². The number of amides is 1. The molecule has 4 aromatic rings. The van der Waals surface area contributed by atoms with Crippen molar-refractivity contribution in [2.24, 2.45) is 0 Å². The van der Waals surface area contributed by atoms with Crippen molar-refractivity contribution in [1.82, 2.24) is 9.55 Å². The van der Waals surface area contributed by atoms with Crippen molar-refractivity contribution in [1.29, 1.82) is 0 Å². The molecule has 35 heavy (non-hydrogen) atoms. The van der Waals surface area contributed by atoms with E-state index in [1.807, 2.05) is 43.3 Å². The monoisotopic (exact) mass is 491 g/mol. The second-order valence-corrected chi connectivity index (χ2v) is 9.37. The van der Waals surface area contributed by atoms with Gasteiger partial charge in [0.15, 0.2) is 0 Å². The zero-order valence-corrected chi connectivity index (χ0v) is 20.3. The highest BCUT2D eigenvalue weighted by atomic mass is 35.5. The fraction of sp³-hybridized carbons (Fsp3) is 0.286. The molecule has 180 valence electrons. The molecule has 0 saturated carbocycles. The predicted octanol–water partition coefficient (Wildman–Crippen LogP) is 6.52. The number of unbranched alkanes of at least 4 members (excludes halogenated alkanes) is 1. The third kappa shape index (κ3) is 5.03. The standard InChI is InChI=1S/C28H27ClFN3O2/c1-19-16-23(12-13-24(19)29)35-15-5-4-14-32-26-7-3-2-6-25(26)31-28(32)20-17-27(34)33(18-20)22-10-8-21(30)9-11-22/h2-3,6-13,16,20H,4-5,14-15,17-18H2,1H3. The highest BCUT2D eigenvalue weighted by molar-refractivity contribution is 6.31. The van der Waals surface area contributed by atoms with Crippen molar-refractivity contribution in [3.05, 3.63) is 89.0 Å². The van der Waals surface area contributed by atoms with Gasteiger partial charge in [0.1, 0.15) is 17.4 Å². The van der Waals surface area contributed by atoms with Gasteiger partial charge in [-0.1, -0.05) is 23.7 Å². The lowest BCUT2D eigenvalue weighted by Gasteiger charge is -2.17. The van der Waals surface area contributed by atoms with E-state index in [2.05, 4.69) is 10.6 Å². The number of hydrogen-bond acceptors (Lipinski definition) is 3. The van der Waals surface area contributed by atoms with Crippen LogP contribution in [0.25, 0.3) is 11.0 Å². The number of halogens is 2. The molecular weight excluding hydrogens is 465 g/mol. The number of anilines is 1. The summed E-state index contributed by atoms with van der Waals surface area (Å²) in [6, 6.07) is 19.9. The van der Waals surface area contributed by atoms with Gasteiger partial charge in [0, 0.05) is 36.1 Å². The summed E-state index contributed by atoms with van der Waals surface area (Å²) in [6.45, 7) is 3.90. The molecule has 1 fully saturated rings. The summed E-state index contributed by atoms with van der Waals surface area (Å²) in [6.07, 6.45) is 2.20. The van der Waals surface area contributed by atoms with Gasteiger partial charge in [0.25, 0.3) is 0 Å². The zero-order valence-electron chi connectivity index (χ0n) is 19.6. The highest BCUT2D eigenvalue weighted by Crippen LogP contribution is 2.33. The van der Waals surface area contributed by atoms with Gasteiger partial charge in [-0.3, -0.25) is 4.79 Å². The molecule has 0 radical (unpaired) electrons. The number of para-hydroxylation sites is 2. The van der Waals surface area contributed by atoms with Crippen LogP contribution in [0.1, 0.15) is 36.6 Å². The molecule has 1 saturated heterocycles. The predicted molar refractivity (Wildman–Crippen MR) is 137 cm³/mol. The third-order valence-electron chi connectivity index (χ3n) is 6.49. The molecule has 7 heteroatoms. The molecule has 0 aliphatic carbocycles. The van der Waals surface area contributed by atoms with Gasteiger partial charge in [-0.05, 0) is 79.9 Å². The number of benzene rings is 3. The molecule has 1 aromatic heterocycles. The number of hydrogen-bond donors (Lipinski definition) is 0. The summed E-state index contributed by atoms with van der Waals surface area (Å²) in [5, 5.41) is 0.736. The fourth-order valence-electron chi connectivity index (χ4n) is 4.66. The first kappa shape index (κ1) is 23.4. The summed E-state index contributed by atoms with van der Waals surface area (Å²) >= 11 is 6.09. The first-order chi connectivity index (χ1) is 17.0. The van der Waals surface area contributed by atoms with Crippen LogP contribution >= 0.6 is 11.6 Å². The molecule has 5 rings (SSSR count). The van der Waals surface area contributed by atoms with E-state index in [4.69, 9.17) is 21.3 Å². The molecule has 0 N–H and O–H groups in total. The fourth-order valence-corrected chi connectivity index (χ4v) is 4.78. The van der Waals surface area contributed by atoms with Crippen LogP contribution < -0.4 is 9.64 Å². The van der Waals surface area contributed by atoms with Crippen molar-refractivity contribution in [2.75, 3.05) is 18.1 Å². The number of nitrogens with zero attached hydrogens (tertiary/aromatic N) is 3. The van der Waals surface area contributed by atoms with Crippen LogP contribution in [0.15, 0.2) is 66.7 Å². The van der Waals surface area contributed by atoms with E-state index in [1.54, 1.807) is 17.0 Å². The molecule has 1 aliphatic heterocycles. The normalized spacial score (nSPS) is 15.8. The largest absolute Gasteiger partial charge is 0.494 e. The minimum absolute atomic E-state index is 0.0201. The van der Waals surface area contributed by atoms with E-state index in [0.29, 0.717) is 19.6 Å². The maximum Gasteiger partial charge on any atom is 0.227 e. The zero-order chi connectivity index (χ0) is 24.4. The Hall–Kier alpha value is -3.38. The lowest BCUT2D eigenvalue weighted by molar-refractivity contribution is -0.117. The Bertz CT molecular complexity index is 1350. The van der Waals surface area contributed by atoms with Crippen LogP contribution in [0.5, 0.6) is 5.75 Å². The Kier molecular flexibility index (Phi) is 6.73. The average molecular weight is 492 g/mol. The van der Waals surface area contributed by atoms with Crippen LogP contribution in [0.3, 0.4) is 0 Å². The third-order valence-corrected chi connectivity index (χ3v) is 6.91. The Morgan fingerprint density at radius 1 is 1.09 bits per heavy atom. The number of aryl methyl sites for hydroxylation is 2. The number of fused-ring (bicyclic) bond motifs is 1. The molecule has 0 spiro atoms. The number of carbonyl (C=O) groups is 1. The number of rotatable bonds is 8. The molecule has 1 aliphatic rings. The van der Waals surface area contributed by atoms with Gasteiger partial charge < -0.3 is 14.2 Å². The smallest absolute Gasteiger partial charge is 0.227 e. The van der Waals surface area contributed by atoms with Gasteiger partial charge in [0.05, 0.1) is 17.6 Å². The minimum atomic E-state index is -0.311. The van der Waals surface area contributed by atoms with Gasteiger partial charge in [-0.2, -0.15) is 0 Å². The molecular formula is C28H27ClFN3O2.